The van der Waals surface area contributed by atoms with Gasteiger partial charge in [-0.05, 0) is 18.1 Å². The summed E-state index contributed by atoms with van der Waals surface area (Å²) in [5.41, 5.74) is -4.99. The maximum Gasteiger partial charge on any atom is 0.431 e. The van der Waals surface area contributed by atoms with Gasteiger partial charge in [0.1, 0.15) is 23.9 Å². The van der Waals surface area contributed by atoms with Crippen LogP contribution in [0.2, 0.25) is 0 Å². The Kier molecular flexibility index (Phi) is 6.92. The lowest BCUT2D eigenvalue weighted by atomic mass is 10.1. The molecule has 2 aromatic rings. The zero-order chi connectivity index (χ0) is 22.8. The highest BCUT2D eigenvalue weighted by Gasteiger charge is 2.35. The highest BCUT2D eigenvalue weighted by molar-refractivity contribution is 8.00. The minimum atomic E-state index is -4.95. The number of nitrogens with zero attached hydrogens (tertiary/aromatic N) is 3. The smallest absolute Gasteiger partial charge is 0.302 e. The summed E-state index contributed by atoms with van der Waals surface area (Å²) in [6.07, 6.45) is -3.64. The molecule has 1 heterocycles. The van der Waals surface area contributed by atoms with E-state index < -0.39 is 39.9 Å². The van der Waals surface area contributed by atoms with Crippen LogP contribution in [-0.4, -0.2) is 20.7 Å². The van der Waals surface area contributed by atoms with E-state index in [-0.39, 0.29) is 31.6 Å². The third-order valence-corrected chi connectivity index (χ3v) is 6.06. The van der Waals surface area contributed by atoms with Crippen LogP contribution in [0.15, 0.2) is 32.7 Å². The van der Waals surface area contributed by atoms with E-state index in [0.717, 1.165) is 30.9 Å². The van der Waals surface area contributed by atoms with Gasteiger partial charge in [-0.25, -0.2) is 13.8 Å². The van der Waals surface area contributed by atoms with Gasteiger partial charge in [0.2, 0.25) is 0 Å². The maximum absolute atomic E-state index is 14.6. The number of rotatable bonds is 6. The van der Waals surface area contributed by atoms with E-state index in [4.69, 9.17) is 0 Å². The van der Waals surface area contributed by atoms with Crippen molar-refractivity contribution in [2.75, 3.05) is 0 Å². The molecule has 30 heavy (non-hydrogen) atoms. The van der Waals surface area contributed by atoms with Crippen LogP contribution < -0.4 is 11.2 Å². The summed E-state index contributed by atoms with van der Waals surface area (Å²) >= 11 is 0.952. The molecular weight excluding hydrogens is 426 g/mol. The van der Waals surface area contributed by atoms with Crippen LogP contribution in [-0.2, 0) is 18.0 Å². The molecule has 2 rings (SSSR count). The lowest BCUT2D eigenvalue weighted by molar-refractivity contribution is -0.144. The molecule has 1 aromatic carbocycles. The molecule has 1 aromatic heterocycles. The molecule has 0 fully saturated rings. The van der Waals surface area contributed by atoms with Crippen molar-refractivity contribution in [1.29, 1.82) is 5.26 Å². The minimum Gasteiger partial charge on any atom is -0.302 e. The van der Waals surface area contributed by atoms with Crippen molar-refractivity contribution in [1.82, 2.24) is 9.13 Å². The Bertz CT molecular complexity index is 1130. The molecule has 6 nitrogen and oxygen atoms in total. The lowest BCUT2D eigenvalue weighted by Crippen LogP contribution is -2.41. The molecule has 0 N–H and O–H groups in total. The molecular formula is C19H17F4N3O3S. The number of halogens is 4. The van der Waals surface area contributed by atoms with Gasteiger partial charge in [-0.3, -0.25) is 9.36 Å². The normalized spacial score (nSPS) is 13.5. The molecule has 0 amide bonds. The van der Waals surface area contributed by atoms with E-state index in [9.17, 15) is 37.2 Å². The van der Waals surface area contributed by atoms with E-state index in [1.54, 1.807) is 13.0 Å². The van der Waals surface area contributed by atoms with Crippen LogP contribution in [0, 0.1) is 23.1 Å². The Morgan fingerprint density at radius 3 is 2.40 bits per heavy atom. The number of carbonyl (C=O) groups is 1. The summed E-state index contributed by atoms with van der Waals surface area (Å²) in [7, 11) is 0.809. The van der Waals surface area contributed by atoms with E-state index in [1.807, 2.05) is 6.92 Å². The van der Waals surface area contributed by atoms with Crippen LogP contribution in [0.4, 0.5) is 17.6 Å². The second-order valence-corrected chi connectivity index (χ2v) is 7.78. The van der Waals surface area contributed by atoms with Gasteiger partial charge >= 0.3 is 11.9 Å². The largest absolute Gasteiger partial charge is 0.431 e. The molecule has 0 bridgehead atoms. The Balaban J connectivity index is 2.74. The Morgan fingerprint density at radius 2 is 1.90 bits per heavy atom. The highest BCUT2D eigenvalue weighted by atomic mass is 32.2. The molecule has 0 aliphatic rings. The van der Waals surface area contributed by atoms with Crippen molar-refractivity contribution in [3.63, 3.8) is 0 Å². The fourth-order valence-corrected chi connectivity index (χ4v) is 3.86. The van der Waals surface area contributed by atoms with Gasteiger partial charge in [0.15, 0.2) is 0 Å². The number of hydrogen-bond acceptors (Lipinski definition) is 5. The third-order valence-electron chi connectivity index (χ3n) is 4.62. The fraction of sp³-hybridized carbons (Fsp3) is 0.368. The molecule has 0 radical (unpaired) electrons. The van der Waals surface area contributed by atoms with Crippen LogP contribution >= 0.6 is 11.8 Å². The Morgan fingerprint density at radius 1 is 1.27 bits per heavy atom. The Hall–Kier alpha value is -2.87. The van der Waals surface area contributed by atoms with Crippen LogP contribution in [0.1, 0.15) is 31.5 Å². The van der Waals surface area contributed by atoms with Crippen molar-refractivity contribution in [3.8, 4) is 11.8 Å². The second kappa shape index (κ2) is 8.87. The standard InChI is InChI=1S/C19H17F4N3O3S/c1-4-10(2)15(9-27)30-14-6-13(12(20)5-11(14)8-24)26-17(28)7-16(19(21,22)23)25(3)18(26)29/h5-7,9-10,15H,4H2,1-3H3. The first kappa shape index (κ1) is 23.4. The van der Waals surface area contributed by atoms with Gasteiger partial charge in [-0.2, -0.15) is 18.4 Å². The quantitative estimate of drug-likeness (QED) is 0.389. The van der Waals surface area contributed by atoms with Crippen LogP contribution in [0.5, 0.6) is 0 Å². The van der Waals surface area contributed by atoms with Crippen LogP contribution in [0.25, 0.3) is 5.69 Å². The third kappa shape index (κ3) is 4.48. The Labute approximate surface area is 172 Å². The van der Waals surface area contributed by atoms with Crippen LogP contribution in [0.3, 0.4) is 0 Å². The number of nitriles is 1. The van der Waals surface area contributed by atoms with Gasteiger partial charge < -0.3 is 4.79 Å². The van der Waals surface area contributed by atoms with Crippen molar-refractivity contribution in [2.24, 2.45) is 13.0 Å². The number of alkyl halides is 3. The molecule has 0 aliphatic heterocycles. The van der Waals surface area contributed by atoms with Crippen molar-refractivity contribution in [3.05, 3.63) is 56.1 Å². The first-order valence-corrected chi connectivity index (χ1v) is 9.60. The summed E-state index contributed by atoms with van der Waals surface area (Å²) < 4.78 is 54.1. The van der Waals surface area contributed by atoms with E-state index in [1.165, 1.54) is 0 Å². The average molecular weight is 443 g/mol. The average Bonchev–Trinajstić information content (AvgIpc) is 2.68. The SMILES string of the molecule is CCC(C)C(C=O)Sc1cc(-n2c(=O)cc(C(F)(F)F)n(C)c2=O)c(F)cc1C#N. The predicted molar refractivity (Wildman–Crippen MR) is 102 cm³/mol. The number of benzene rings is 1. The number of hydrogen-bond donors (Lipinski definition) is 0. The minimum absolute atomic E-state index is 0.0887. The zero-order valence-electron chi connectivity index (χ0n) is 16.2. The van der Waals surface area contributed by atoms with Gasteiger partial charge in [0.25, 0.3) is 5.56 Å². The maximum atomic E-state index is 14.6. The summed E-state index contributed by atoms with van der Waals surface area (Å²) in [5.74, 6) is -1.23. The first-order valence-electron chi connectivity index (χ1n) is 8.72. The second-order valence-electron chi connectivity index (χ2n) is 6.56. The van der Waals surface area contributed by atoms with Gasteiger partial charge in [-0.1, -0.05) is 20.3 Å². The molecule has 0 aliphatic carbocycles. The lowest BCUT2D eigenvalue weighted by Gasteiger charge is -2.18. The molecule has 0 saturated heterocycles. The zero-order valence-corrected chi connectivity index (χ0v) is 17.0. The molecule has 2 unspecified atom stereocenters. The first-order chi connectivity index (χ1) is 14.0. The summed E-state index contributed by atoms with van der Waals surface area (Å²) in [6, 6.07) is 3.77. The van der Waals surface area contributed by atoms with Gasteiger partial charge in [0, 0.05) is 18.0 Å². The summed E-state index contributed by atoms with van der Waals surface area (Å²) in [5, 5.41) is 8.70. The fourth-order valence-electron chi connectivity index (χ4n) is 2.68. The number of aldehydes is 1. The van der Waals surface area contributed by atoms with E-state index >= 15 is 0 Å². The number of aromatic nitrogens is 2. The van der Waals surface area contributed by atoms with Crippen molar-refractivity contribution < 1.29 is 22.4 Å². The van der Waals surface area contributed by atoms with Crippen molar-refractivity contribution >= 4 is 18.0 Å². The van der Waals surface area contributed by atoms with E-state index in [0.29, 0.717) is 12.7 Å². The number of carbonyl (C=O) groups excluding carboxylic acids is 1. The molecule has 11 heteroatoms. The number of thioether (sulfide) groups is 1. The van der Waals surface area contributed by atoms with Gasteiger partial charge in [-0.15, -0.1) is 11.8 Å². The molecule has 0 spiro atoms. The molecule has 0 saturated carbocycles. The van der Waals surface area contributed by atoms with Crippen molar-refractivity contribution in [2.45, 2.75) is 36.6 Å². The summed E-state index contributed by atoms with van der Waals surface area (Å²) in [4.78, 5) is 36.3. The van der Waals surface area contributed by atoms with Gasteiger partial charge in [0.05, 0.1) is 16.5 Å². The summed E-state index contributed by atoms with van der Waals surface area (Å²) in [6.45, 7) is 3.66. The highest BCUT2D eigenvalue weighted by Crippen LogP contribution is 2.33. The molecule has 160 valence electrons. The molecule has 2 atom stereocenters. The van der Waals surface area contributed by atoms with E-state index in [2.05, 4.69) is 0 Å². The topological polar surface area (TPSA) is 84.9 Å². The predicted octanol–water partition coefficient (Wildman–Crippen LogP) is 3.27. The monoisotopic (exact) mass is 443 g/mol.